The fourth-order valence-corrected chi connectivity index (χ4v) is 4.74. The molecule has 1 aliphatic heterocycles. The van der Waals surface area contributed by atoms with E-state index in [1.165, 1.54) is 6.07 Å². The van der Waals surface area contributed by atoms with E-state index < -0.39 is 21.6 Å². The van der Waals surface area contributed by atoms with Gasteiger partial charge in [0.05, 0.1) is 17.1 Å². The van der Waals surface area contributed by atoms with Gasteiger partial charge in [-0.15, -0.1) is 0 Å². The summed E-state index contributed by atoms with van der Waals surface area (Å²) in [4.78, 5) is 0. The fraction of sp³-hybridized carbons (Fsp3) is 0.571. The number of hydrogen-bond donors (Lipinski definition) is 1. The molecular formula is C14H18F3NO2S. The molecule has 118 valence electrons. The summed E-state index contributed by atoms with van der Waals surface area (Å²) in [5.74, 6) is 0.0743. The predicted octanol–water partition coefficient (Wildman–Crippen LogP) is 2.26. The van der Waals surface area contributed by atoms with Crippen LogP contribution in [0.2, 0.25) is 0 Å². The second-order valence-electron chi connectivity index (χ2n) is 5.56. The highest BCUT2D eigenvalue weighted by molar-refractivity contribution is 7.91. The highest BCUT2D eigenvalue weighted by Crippen LogP contribution is 2.32. The summed E-state index contributed by atoms with van der Waals surface area (Å²) in [5.41, 5.74) is 5.56. The van der Waals surface area contributed by atoms with E-state index in [1.807, 2.05) is 0 Å². The van der Waals surface area contributed by atoms with Crippen LogP contribution in [0.3, 0.4) is 0 Å². The van der Waals surface area contributed by atoms with Gasteiger partial charge in [0.1, 0.15) is 0 Å². The van der Waals surface area contributed by atoms with Gasteiger partial charge in [0.2, 0.25) is 0 Å². The average Bonchev–Trinajstić information content (AvgIpc) is 2.75. The fourth-order valence-electron chi connectivity index (χ4n) is 2.82. The van der Waals surface area contributed by atoms with Crippen molar-refractivity contribution in [1.29, 1.82) is 0 Å². The molecule has 0 aromatic heterocycles. The van der Waals surface area contributed by atoms with Crippen LogP contribution in [0, 0.1) is 11.8 Å². The molecule has 2 N–H and O–H groups in total. The first-order chi connectivity index (χ1) is 9.71. The third-order valence-corrected chi connectivity index (χ3v) is 5.78. The first-order valence-corrected chi connectivity index (χ1v) is 8.60. The van der Waals surface area contributed by atoms with Crippen LogP contribution in [0.5, 0.6) is 0 Å². The van der Waals surface area contributed by atoms with E-state index in [2.05, 4.69) is 0 Å². The molecule has 7 heteroatoms. The Hall–Kier alpha value is -1.08. The maximum Gasteiger partial charge on any atom is 0.416 e. The molecule has 0 amide bonds. The number of benzene rings is 1. The van der Waals surface area contributed by atoms with Crippen LogP contribution in [0.4, 0.5) is 13.2 Å². The van der Waals surface area contributed by atoms with Crippen molar-refractivity contribution in [3.05, 3.63) is 35.4 Å². The molecule has 0 radical (unpaired) electrons. The minimum Gasteiger partial charge on any atom is -0.330 e. The van der Waals surface area contributed by atoms with E-state index in [1.54, 1.807) is 6.07 Å². The highest BCUT2D eigenvalue weighted by atomic mass is 32.2. The summed E-state index contributed by atoms with van der Waals surface area (Å²) in [7, 11) is -3.01. The van der Waals surface area contributed by atoms with Crippen LogP contribution in [0.25, 0.3) is 0 Å². The van der Waals surface area contributed by atoms with Gasteiger partial charge < -0.3 is 5.73 Å². The first-order valence-electron chi connectivity index (χ1n) is 6.78. The van der Waals surface area contributed by atoms with Gasteiger partial charge in [-0.1, -0.05) is 18.2 Å². The second kappa shape index (κ2) is 5.96. The molecule has 0 aliphatic carbocycles. The Labute approximate surface area is 122 Å². The molecule has 1 aromatic carbocycles. The normalized spacial score (nSPS) is 23.1. The Kier molecular flexibility index (Phi) is 4.63. The maximum absolute atomic E-state index is 12.7. The van der Waals surface area contributed by atoms with Crippen molar-refractivity contribution in [2.24, 2.45) is 17.6 Å². The lowest BCUT2D eigenvalue weighted by Crippen LogP contribution is -2.26. The Morgan fingerprint density at radius 2 is 2.05 bits per heavy atom. The second-order valence-corrected chi connectivity index (χ2v) is 7.79. The van der Waals surface area contributed by atoms with Gasteiger partial charge in [0.15, 0.2) is 9.84 Å². The number of hydrogen-bond acceptors (Lipinski definition) is 3. The van der Waals surface area contributed by atoms with E-state index in [0.717, 1.165) is 12.1 Å². The molecule has 2 atom stereocenters. The van der Waals surface area contributed by atoms with Crippen LogP contribution < -0.4 is 5.73 Å². The van der Waals surface area contributed by atoms with Gasteiger partial charge >= 0.3 is 6.18 Å². The molecular weight excluding hydrogens is 303 g/mol. The van der Waals surface area contributed by atoms with Crippen LogP contribution in [0.1, 0.15) is 17.5 Å². The molecule has 0 bridgehead atoms. The Balaban J connectivity index is 2.12. The predicted molar refractivity (Wildman–Crippen MR) is 74.5 cm³/mol. The molecule has 0 saturated carbocycles. The number of sulfone groups is 1. The van der Waals surface area contributed by atoms with Crippen molar-refractivity contribution in [1.82, 2.24) is 0 Å². The van der Waals surface area contributed by atoms with Gasteiger partial charge in [0.25, 0.3) is 0 Å². The Bertz CT molecular complexity index is 598. The quantitative estimate of drug-likeness (QED) is 0.925. The molecule has 1 saturated heterocycles. The Morgan fingerprint density at radius 1 is 1.33 bits per heavy atom. The smallest absolute Gasteiger partial charge is 0.330 e. The third-order valence-electron chi connectivity index (χ3n) is 3.99. The number of nitrogens with two attached hydrogens (primary N) is 1. The van der Waals surface area contributed by atoms with Crippen LogP contribution in [-0.2, 0) is 22.4 Å². The molecule has 3 nitrogen and oxygen atoms in total. The SMILES string of the molecule is NCC(Cc1cccc(C(F)(F)F)c1)C1CCS(=O)(=O)C1. The summed E-state index contributed by atoms with van der Waals surface area (Å²) < 4.78 is 61.1. The van der Waals surface area contributed by atoms with Crippen LogP contribution in [-0.4, -0.2) is 26.5 Å². The zero-order valence-electron chi connectivity index (χ0n) is 11.4. The van der Waals surface area contributed by atoms with E-state index in [0.29, 0.717) is 18.4 Å². The molecule has 1 fully saturated rings. The largest absolute Gasteiger partial charge is 0.416 e. The van der Waals surface area contributed by atoms with Gasteiger partial charge in [-0.3, -0.25) is 0 Å². The van der Waals surface area contributed by atoms with Gasteiger partial charge in [-0.05, 0) is 42.9 Å². The monoisotopic (exact) mass is 321 g/mol. The lowest BCUT2D eigenvalue weighted by Gasteiger charge is -2.21. The molecule has 2 unspecified atom stereocenters. The zero-order valence-corrected chi connectivity index (χ0v) is 12.3. The van der Waals surface area contributed by atoms with Crippen molar-refractivity contribution < 1.29 is 21.6 Å². The highest BCUT2D eigenvalue weighted by Gasteiger charge is 2.34. The molecule has 21 heavy (non-hydrogen) atoms. The molecule has 2 rings (SSSR count). The van der Waals surface area contributed by atoms with Gasteiger partial charge in [-0.25, -0.2) is 8.42 Å². The number of alkyl halides is 3. The van der Waals surface area contributed by atoms with Crippen molar-refractivity contribution in [2.45, 2.75) is 19.0 Å². The first kappa shape index (κ1) is 16.3. The van der Waals surface area contributed by atoms with Gasteiger partial charge in [-0.2, -0.15) is 13.2 Å². The summed E-state index contributed by atoms with van der Waals surface area (Å²) in [6.45, 7) is 0.274. The third kappa shape index (κ3) is 4.20. The van der Waals surface area contributed by atoms with E-state index >= 15 is 0 Å². The summed E-state index contributed by atoms with van der Waals surface area (Å²) in [6, 6.07) is 5.14. The van der Waals surface area contributed by atoms with Crippen molar-refractivity contribution in [2.75, 3.05) is 18.1 Å². The minimum absolute atomic E-state index is 0.0606. The summed E-state index contributed by atoms with van der Waals surface area (Å²) in [5, 5.41) is 0. The Morgan fingerprint density at radius 3 is 2.57 bits per heavy atom. The lowest BCUT2D eigenvalue weighted by molar-refractivity contribution is -0.137. The van der Waals surface area contributed by atoms with Gasteiger partial charge in [0, 0.05) is 0 Å². The van der Waals surface area contributed by atoms with Crippen molar-refractivity contribution in [3.63, 3.8) is 0 Å². The molecule has 1 aliphatic rings. The topological polar surface area (TPSA) is 60.2 Å². The molecule has 1 aromatic rings. The molecule has 0 spiro atoms. The zero-order chi connectivity index (χ0) is 15.7. The summed E-state index contributed by atoms with van der Waals surface area (Å²) >= 11 is 0. The standard InChI is InChI=1S/C14H18F3NO2S/c15-14(16,17)13-3-1-2-10(7-13)6-12(8-18)11-4-5-21(19,20)9-11/h1-3,7,11-12H,4-6,8-9,18H2. The summed E-state index contributed by atoms with van der Waals surface area (Å²) in [6.07, 6.45) is -3.45. The van der Waals surface area contributed by atoms with E-state index in [-0.39, 0.29) is 29.9 Å². The maximum atomic E-state index is 12.7. The number of halogens is 3. The van der Waals surface area contributed by atoms with Crippen molar-refractivity contribution in [3.8, 4) is 0 Å². The van der Waals surface area contributed by atoms with E-state index in [4.69, 9.17) is 5.73 Å². The van der Waals surface area contributed by atoms with Crippen LogP contribution in [0.15, 0.2) is 24.3 Å². The van der Waals surface area contributed by atoms with Crippen LogP contribution >= 0.6 is 0 Å². The molecule has 1 heterocycles. The van der Waals surface area contributed by atoms with Crippen molar-refractivity contribution >= 4 is 9.84 Å². The average molecular weight is 321 g/mol. The lowest BCUT2D eigenvalue weighted by atomic mass is 9.86. The van der Waals surface area contributed by atoms with E-state index in [9.17, 15) is 21.6 Å². The minimum atomic E-state index is -4.37. The number of rotatable bonds is 4.